The molecule has 0 saturated carbocycles. The summed E-state index contributed by atoms with van der Waals surface area (Å²) in [4.78, 5) is 13.6. The Morgan fingerprint density at radius 2 is 1.91 bits per heavy atom. The summed E-state index contributed by atoms with van der Waals surface area (Å²) in [5, 5.41) is 2.87. The van der Waals surface area contributed by atoms with Gasteiger partial charge in [0, 0.05) is 16.1 Å². The molecule has 1 aliphatic rings. The highest BCUT2D eigenvalue weighted by molar-refractivity contribution is 7.98. The molecular weight excluding hydrogens is 314 g/mol. The van der Waals surface area contributed by atoms with Crippen molar-refractivity contribution in [2.45, 2.75) is 4.90 Å². The first-order valence-electron chi connectivity index (χ1n) is 7.14. The van der Waals surface area contributed by atoms with Crippen LogP contribution in [-0.4, -0.2) is 32.5 Å². The Bertz CT molecular complexity index is 698. The highest BCUT2D eigenvalue weighted by Gasteiger charge is 2.20. The summed E-state index contributed by atoms with van der Waals surface area (Å²) in [6.45, 7) is 0.925. The van der Waals surface area contributed by atoms with Crippen molar-refractivity contribution in [3.8, 4) is 17.2 Å². The van der Waals surface area contributed by atoms with Gasteiger partial charge in [0.25, 0.3) is 5.91 Å². The number of amides is 1. The minimum absolute atomic E-state index is 0.225. The van der Waals surface area contributed by atoms with Crippen LogP contribution >= 0.6 is 11.8 Å². The first-order chi connectivity index (χ1) is 11.2. The maximum atomic E-state index is 12.5. The van der Waals surface area contributed by atoms with Crippen LogP contribution in [0.1, 0.15) is 10.4 Å². The van der Waals surface area contributed by atoms with Crippen LogP contribution < -0.4 is 19.5 Å². The van der Waals surface area contributed by atoms with E-state index in [4.69, 9.17) is 14.2 Å². The number of methoxy groups -OCH3 is 1. The standard InChI is InChI=1S/C17H17NO4S/c1-20-14-9-11(10-15-16(14)22-8-7-21-15)17(19)18-12-3-5-13(23-2)6-4-12/h3-6,9-10H,7-8H2,1-2H3,(H,18,19). The number of fused-ring (bicyclic) bond motifs is 1. The second-order valence-electron chi connectivity index (χ2n) is 4.89. The van der Waals surface area contributed by atoms with Gasteiger partial charge in [-0.3, -0.25) is 4.79 Å². The maximum Gasteiger partial charge on any atom is 0.255 e. The number of carbonyl (C=O) groups is 1. The van der Waals surface area contributed by atoms with E-state index in [1.165, 1.54) is 7.11 Å². The molecule has 120 valence electrons. The molecule has 0 bridgehead atoms. The molecule has 1 heterocycles. The Balaban J connectivity index is 1.83. The molecule has 0 radical (unpaired) electrons. The van der Waals surface area contributed by atoms with Crippen LogP contribution in [0.15, 0.2) is 41.3 Å². The summed E-state index contributed by atoms with van der Waals surface area (Å²) in [6.07, 6.45) is 2.01. The molecule has 1 aliphatic heterocycles. The number of hydrogen-bond donors (Lipinski definition) is 1. The predicted octanol–water partition coefficient (Wildman–Crippen LogP) is 3.44. The molecule has 0 atom stereocenters. The van der Waals surface area contributed by atoms with Crippen LogP contribution in [0.2, 0.25) is 0 Å². The maximum absolute atomic E-state index is 12.5. The lowest BCUT2D eigenvalue weighted by Crippen LogP contribution is -2.18. The van der Waals surface area contributed by atoms with Crippen LogP contribution in [0.3, 0.4) is 0 Å². The van der Waals surface area contributed by atoms with Crippen molar-refractivity contribution in [1.29, 1.82) is 0 Å². The summed E-state index contributed by atoms with van der Waals surface area (Å²) in [5.41, 5.74) is 1.20. The Kier molecular flexibility index (Phi) is 4.62. The summed E-state index contributed by atoms with van der Waals surface area (Å²) in [7, 11) is 1.54. The Hall–Kier alpha value is -2.34. The number of ether oxygens (including phenoxy) is 3. The molecule has 0 spiro atoms. The SMILES string of the molecule is COc1cc(C(=O)Nc2ccc(SC)cc2)cc2c1OCCO2. The van der Waals surface area contributed by atoms with Gasteiger partial charge in [-0.05, 0) is 42.7 Å². The number of nitrogens with one attached hydrogen (secondary N) is 1. The number of hydrogen-bond acceptors (Lipinski definition) is 5. The monoisotopic (exact) mass is 331 g/mol. The average Bonchev–Trinajstić information content (AvgIpc) is 2.61. The van der Waals surface area contributed by atoms with Gasteiger partial charge in [0.2, 0.25) is 5.75 Å². The lowest BCUT2D eigenvalue weighted by Gasteiger charge is -2.21. The van der Waals surface area contributed by atoms with Crippen LogP contribution in [0.5, 0.6) is 17.2 Å². The second kappa shape index (κ2) is 6.83. The average molecular weight is 331 g/mol. The normalized spacial score (nSPS) is 12.6. The molecule has 0 aromatic heterocycles. The van der Waals surface area contributed by atoms with Gasteiger partial charge in [-0.1, -0.05) is 0 Å². The molecule has 2 aromatic carbocycles. The minimum atomic E-state index is -0.225. The van der Waals surface area contributed by atoms with Crippen LogP contribution in [0, 0.1) is 0 Å². The molecule has 1 amide bonds. The lowest BCUT2D eigenvalue weighted by molar-refractivity contribution is 0.102. The molecule has 3 rings (SSSR count). The summed E-state index contributed by atoms with van der Waals surface area (Å²) < 4.78 is 16.4. The number of benzene rings is 2. The van der Waals surface area contributed by atoms with Crippen molar-refractivity contribution >= 4 is 23.4 Å². The third-order valence-corrected chi connectivity index (χ3v) is 4.18. The highest BCUT2D eigenvalue weighted by Crippen LogP contribution is 2.40. The summed E-state index contributed by atoms with van der Waals surface area (Å²) in [6, 6.07) is 11.0. The van der Waals surface area contributed by atoms with Crippen molar-refractivity contribution in [2.75, 3.05) is 31.9 Å². The molecule has 0 aliphatic carbocycles. The van der Waals surface area contributed by atoms with Crippen LogP contribution in [0.25, 0.3) is 0 Å². The van der Waals surface area contributed by atoms with Gasteiger partial charge in [0.1, 0.15) is 13.2 Å². The van der Waals surface area contributed by atoms with Gasteiger partial charge < -0.3 is 19.5 Å². The van der Waals surface area contributed by atoms with Gasteiger partial charge in [-0.25, -0.2) is 0 Å². The summed E-state index contributed by atoms with van der Waals surface area (Å²) in [5.74, 6) is 1.33. The van der Waals surface area contributed by atoms with E-state index in [0.29, 0.717) is 36.0 Å². The first-order valence-corrected chi connectivity index (χ1v) is 8.37. The topological polar surface area (TPSA) is 56.8 Å². The molecule has 1 N–H and O–H groups in total. The lowest BCUT2D eigenvalue weighted by atomic mass is 10.1. The van der Waals surface area contributed by atoms with Crippen LogP contribution in [0.4, 0.5) is 5.69 Å². The van der Waals surface area contributed by atoms with Crippen molar-refractivity contribution in [1.82, 2.24) is 0 Å². The largest absolute Gasteiger partial charge is 0.493 e. The van der Waals surface area contributed by atoms with Crippen molar-refractivity contribution in [2.24, 2.45) is 0 Å². The predicted molar refractivity (Wildman–Crippen MR) is 90.2 cm³/mol. The smallest absolute Gasteiger partial charge is 0.255 e. The number of anilines is 1. The third-order valence-electron chi connectivity index (χ3n) is 3.44. The van der Waals surface area contributed by atoms with Gasteiger partial charge >= 0.3 is 0 Å². The first kappa shape index (κ1) is 15.6. The van der Waals surface area contributed by atoms with Crippen molar-refractivity contribution < 1.29 is 19.0 Å². The minimum Gasteiger partial charge on any atom is -0.493 e. The van der Waals surface area contributed by atoms with E-state index in [9.17, 15) is 4.79 Å². The van der Waals surface area contributed by atoms with E-state index in [-0.39, 0.29) is 5.91 Å². The zero-order chi connectivity index (χ0) is 16.2. The van der Waals surface area contributed by atoms with E-state index < -0.39 is 0 Å². The van der Waals surface area contributed by atoms with E-state index in [1.807, 2.05) is 30.5 Å². The zero-order valence-corrected chi connectivity index (χ0v) is 13.7. The molecule has 0 saturated heterocycles. The third kappa shape index (κ3) is 3.37. The fraction of sp³-hybridized carbons (Fsp3) is 0.235. The Labute approximate surface area is 138 Å². The Morgan fingerprint density at radius 1 is 1.17 bits per heavy atom. The van der Waals surface area contributed by atoms with Gasteiger partial charge in [-0.15, -0.1) is 11.8 Å². The molecule has 0 unspecified atom stereocenters. The highest BCUT2D eigenvalue weighted by atomic mass is 32.2. The molecule has 2 aromatic rings. The molecule has 0 fully saturated rings. The zero-order valence-electron chi connectivity index (χ0n) is 12.9. The number of rotatable bonds is 4. The van der Waals surface area contributed by atoms with Crippen molar-refractivity contribution in [3.05, 3.63) is 42.0 Å². The number of thioether (sulfide) groups is 1. The number of carbonyl (C=O) groups excluding carboxylic acids is 1. The van der Waals surface area contributed by atoms with Gasteiger partial charge in [-0.2, -0.15) is 0 Å². The quantitative estimate of drug-likeness (QED) is 0.870. The van der Waals surface area contributed by atoms with Crippen molar-refractivity contribution in [3.63, 3.8) is 0 Å². The molecule has 5 nitrogen and oxygen atoms in total. The molecule has 6 heteroatoms. The van der Waals surface area contributed by atoms with E-state index in [1.54, 1.807) is 23.9 Å². The summed E-state index contributed by atoms with van der Waals surface area (Å²) >= 11 is 1.65. The van der Waals surface area contributed by atoms with E-state index in [2.05, 4.69) is 5.32 Å². The van der Waals surface area contributed by atoms with E-state index in [0.717, 1.165) is 10.6 Å². The molecule has 23 heavy (non-hydrogen) atoms. The van der Waals surface area contributed by atoms with Gasteiger partial charge in [0.15, 0.2) is 11.5 Å². The second-order valence-corrected chi connectivity index (χ2v) is 5.76. The fourth-order valence-electron chi connectivity index (χ4n) is 2.28. The van der Waals surface area contributed by atoms with E-state index >= 15 is 0 Å². The fourth-order valence-corrected chi connectivity index (χ4v) is 2.69. The molecular formula is C17H17NO4S. The van der Waals surface area contributed by atoms with Gasteiger partial charge in [0.05, 0.1) is 7.11 Å². The Morgan fingerprint density at radius 3 is 2.61 bits per heavy atom. The van der Waals surface area contributed by atoms with Crippen LogP contribution in [-0.2, 0) is 0 Å².